The minimum Gasteiger partial charge on any atom is -0.497 e. The molecule has 1 amide bonds. The third kappa shape index (κ3) is 2.45. The maximum Gasteiger partial charge on any atom is 0.325 e. The van der Waals surface area contributed by atoms with Gasteiger partial charge in [-0.2, -0.15) is 0 Å². The van der Waals surface area contributed by atoms with Crippen LogP contribution in [0.4, 0.5) is 0 Å². The zero-order valence-electron chi connectivity index (χ0n) is 11.5. The number of carboxylic acids is 1. The number of amides is 1. The molecule has 0 aliphatic heterocycles. The fourth-order valence-electron chi connectivity index (χ4n) is 2.00. The molecule has 1 aromatic carbocycles. The molecule has 0 spiro atoms. The summed E-state index contributed by atoms with van der Waals surface area (Å²) in [4.78, 5) is 22.8. The molecule has 1 atom stereocenters. The first-order valence-electron chi connectivity index (χ1n) is 6.11. The molecule has 20 heavy (non-hydrogen) atoms. The lowest BCUT2D eigenvalue weighted by Gasteiger charge is -2.09. The van der Waals surface area contributed by atoms with Crippen LogP contribution in [0, 0.1) is 0 Å². The quantitative estimate of drug-likeness (QED) is 0.884. The van der Waals surface area contributed by atoms with Crippen molar-refractivity contribution >= 4 is 22.8 Å². The van der Waals surface area contributed by atoms with Gasteiger partial charge >= 0.3 is 5.97 Å². The van der Waals surface area contributed by atoms with Crippen LogP contribution in [0.2, 0.25) is 0 Å². The van der Waals surface area contributed by atoms with Gasteiger partial charge in [-0.05, 0) is 31.2 Å². The number of fused-ring (bicyclic) bond motifs is 1. The predicted octanol–water partition coefficient (Wildman–Crippen LogP) is 1.39. The van der Waals surface area contributed by atoms with Gasteiger partial charge in [-0.15, -0.1) is 0 Å². The number of ether oxygens (including phenoxy) is 1. The number of carbonyl (C=O) groups excluding carboxylic acids is 1. The van der Waals surface area contributed by atoms with Crippen molar-refractivity contribution in [3.05, 3.63) is 30.0 Å². The number of benzene rings is 1. The SMILES string of the molecule is COc1ccc2c(c1)cc(C(=O)NC(C)C(=O)O)n2C. The average molecular weight is 276 g/mol. The van der Waals surface area contributed by atoms with Crippen molar-refractivity contribution in [3.8, 4) is 5.75 Å². The van der Waals surface area contributed by atoms with Crippen LogP contribution in [0.25, 0.3) is 10.9 Å². The Kier molecular flexibility index (Phi) is 3.65. The van der Waals surface area contributed by atoms with E-state index in [9.17, 15) is 9.59 Å². The predicted molar refractivity (Wildman–Crippen MR) is 74.0 cm³/mol. The monoisotopic (exact) mass is 276 g/mol. The standard InChI is InChI=1S/C14H16N2O4/c1-8(14(18)19)15-13(17)12-7-9-6-10(20-3)4-5-11(9)16(12)2/h4-8H,1-3H3,(H,15,17)(H,18,19). The zero-order chi connectivity index (χ0) is 14.9. The van der Waals surface area contributed by atoms with E-state index in [4.69, 9.17) is 9.84 Å². The molecule has 0 bridgehead atoms. The first kappa shape index (κ1) is 13.9. The number of rotatable bonds is 4. The van der Waals surface area contributed by atoms with Crippen molar-refractivity contribution in [2.24, 2.45) is 7.05 Å². The van der Waals surface area contributed by atoms with E-state index >= 15 is 0 Å². The summed E-state index contributed by atoms with van der Waals surface area (Å²) in [6.45, 7) is 1.42. The van der Waals surface area contributed by atoms with Crippen molar-refractivity contribution in [2.45, 2.75) is 13.0 Å². The summed E-state index contributed by atoms with van der Waals surface area (Å²) in [5.74, 6) is -0.787. The lowest BCUT2D eigenvalue weighted by molar-refractivity contribution is -0.138. The highest BCUT2D eigenvalue weighted by atomic mass is 16.5. The third-order valence-electron chi connectivity index (χ3n) is 3.20. The van der Waals surface area contributed by atoms with Crippen molar-refractivity contribution < 1.29 is 19.4 Å². The fraction of sp³-hybridized carbons (Fsp3) is 0.286. The van der Waals surface area contributed by atoms with E-state index in [1.807, 2.05) is 18.2 Å². The smallest absolute Gasteiger partial charge is 0.325 e. The second kappa shape index (κ2) is 5.24. The summed E-state index contributed by atoms with van der Waals surface area (Å²) in [6, 6.07) is 6.26. The van der Waals surface area contributed by atoms with Gasteiger partial charge in [-0.3, -0.25) is 9.59 Å². The number of aromatic nitrogens is 1. The number of hydrogen-bond donors (Lipinski definition) is 2. The number of hydrogen-bond acceptors (Lipinski definition) is 3. The van der Waals surface area contributed by atoms with E-state index in [0.717, 1.165) is 10.9 Å². The van der Waals surface area contributed by atoms with Crippen LogP contribution in [0.3, 0.4) is 0 Å². The number of methoxy groups -OCH3 is 1. The Morgan fingerprint density at radius 1 is 1.35 bits per heavy atom. The number of aryl methyl sites for hydroxylation is 1. The highest BCUT2D eigenvalue weighted by molar-refractivity contribution is 6.00. The van der Waals surface area contributed by atoms with Crippen LogP contribution in [0.15, 0.2) is 24.3 Å². The van der Waals surface area contributed by atoms with Gasteiger partial charge in [0.1, 0.15) is 17.5 Å². The largest absolute Gasteiger partial charge is 0.497 e. The Morgan fingerprint density at radius 2 is 2.05 bits per heavy atom. The molecule has 0 aliphatic rings. The number of carboxylic acid groups (broad SMARTS) is 1. The number of nitrogens with one attached hydrogen (secondary N) is 1. The number of nitrogens with zero attached hydrogens (tertiary/aromatic N) is 1. The van der Waals surface area contributed by atoms with E-state index in [0.29, 0.717) is 11.4 Å². The van der Waals surface area contributed by atoms with E-state index in [1.165, 1.54) is 6.92 Å². The average Bonchev–Trinajstić information content (AvgIpc) is 2.75. The minimum atomic E-state index is -1.07. The molecule has 106 valence electrons. The van der Waals surface area contributed by atoms with Gasteiger partial charge in [-0.25, -0.2) is 0 Å². The molecule has 0 saturated carbocycles. The van der Waals surface area contributed by atoms with E-state index in [1.54, 1.807) is 24.8 Å². The molecule has 2 rings (SSSR count). The van der Waals surface area contributed by atoms with Gasteiger partial charge in [0, 0.05) is 18.0 Å². The Balaban J connectivity index is 2.37. The van der Waals surface area contributed by atoms with Gasteiger partial charge in [0.05, 0.1) is 7.11 Å². The van der Waals surface area contributed by atoms with Gasteiger partial charge in [0.2, 0.25) is 0 Å². The van der Waals surface area contributed by atoms with Gasteiger partial charge in [-0.1, -0.05) is 0 Å². The number of carbonyl (C=O) groups is 2. The van der Waals surface area contributed by atoms with E-state index < -0.39 is 17.9 Å². The Hall–Kier alpha value is -2.50. The van der Waals surface area contributed by atoms with Crippen molar-refractivity contribution in [2.75, 3.05) is 7.11 Å². The normalized spacial score (nSPS) is 12.2. The van der Waals surface area contributed by atoms with Crippen molar-refractivity contribution in [1.82, 2.24) is 9.88 Å². The molecule has 1 unspecified atom stereocenters. The van der Waals surface area contributed by atoms with Gasteiger partial charge < -0.3 is 19.7 Å². The van der Waals surface area contributed by atoms with Crippen LogP contribution < -0.4 is 10.1 Å². The van der Waals surface area contributed by atoms with Gasteiger partial charge in [0.25, 0.3) is 5.91 Å². The molecule has 0 radical (unpaired) electrons. The minimum absolute atomic E-state index is 0.404. The second-order valence-corrected chi connectivity index (χ2v) is 4.55. The van der Waals surface area contributed by atoms with Crippen LogP contribution in [0.5, 0.6) is 5.75 Å². The second-order valence-electron chi connectivity index (χ2n) is 4.55. The van der Waals surface area contributed by atoms with Crippen molar-refractivity contribution in [3.63, 3.8) is 0 Å². The highest BCUT2D eigenvalue weighted by Gasteiger charge is 2.18. The molecule has 0 aliphatic carbocycles. The molecular formula is C14H16N2O4. The Bertz CT molecular complexity index is 675. The molecule has 6 nitrogen and oxygen atoms in total. The maximum absolute atomic E-state index is 12.1. The fourth-order valence-corrected chi connectivity index (χ4v) is 2.00. The summed E-state index contributed by atoms with van der Waals surface area (Å²) in [5.41, 5.74) is 1.28. The lowest BCUT2D eigenvalue weighted by Crippen LogP contribution is -2.39. The topological polar surface area (TPSA) is 80.6 Å². The zero-order valence-corrected chi connectivity index (χ0v) is 11.5. The highest BCUT2D eigenvalue weighted by Crippen LogP contribution is 2.23. The van der Waals surface area contributed by atoms with Crippen LogP contribution in [0.1, 0.15) is 17.4 Å². The molecule has 0 fully saturated rings. The molecule has 2 N–H and O–H groups in total. The summed E-state index contributed by atoms with van der Waals surface area (Å²) in [5, 5.41) is 12.1. The third-order valence-corrected chi connectivity index (χ3v) is 3.20. The molecule has 1 aromatic heterocycles. The van der Waals surface area contributed by atoms with E-state index in [2.05, 4.69) is 5.32 Å². The van der Waals surface area contributed by atoms with Gasteiger partial charge in [0.15, 0.2) is 0 Å². The summed E-state index contributed by atoms with van der Waals surface area (Å²) >= 11 is 0. The molecule has 6 heteroatoms. The van der Waals surface area contributed by atoms with Crippen LogP contribution in [-0.2, 0) is 11.8 Å². The first-order chi connectivity index (χ1) is 9.43. The molecular weight excluding hydrogens is 260 g/mol. The first-order valence-corrected chi connectivity index (χ1v) is 6.11. The van der Waals surface area contributed by atoms with E-state index in [-0.39, 0.29) is 0 Å². The van der Waals surface area contributed by atoms with Crippen LogP contribution in [-0.4, -0.2) is 34.7 Å². The Morgan fingerprint density at radius 3 is 2.65 bits per heavy atom. The molecule has 2 aromatic rings. The van der Waals surface area contributed by atoms with Crippen LogP contribution >= 0.6 is 0 Å². The summed E-state index contributed by atoms with van der Waals surface area (Å²) in [6.07, 6.45) is 0. The lowest BCUT2D eigenvalue weighted by atomic mass is 10.2. The van der Waals surface area contributed by atoms with Crippen molar-refractivity contribution in [1.29, 1.82) is 0 Å². The molecule has 0 saturated heterocycles. The molecule has 1 heterocycles. The Labute approximate surface area is 116 Å². The number of aliphatic carboxylic acids is 1. The maximum atomic E-state index is 12.1. The summed E-state index contributed by atoms with van der Waals surface area (Å²) < 4.78 is 6.86. The summed E-state index contributed by atoms with van der Waals surface area (Å²) in [7, 11) is 3.33.